The Morgan fingerprint density at radius 2 is 1.64 bits per heavy atom. The molecule has 2 amide bonds. The maximum absolute atomic E-state index is 14.0. The number of rotatable bonds is 6. The summed E-state index contributed by atoms with van der Waals surface area (Å²) in [5.74, 6) is -1.72. The number of nitrogens with zero attached hydrogens (tertiary/aromatic N) is 2. The molecule has 2 aromatic rings. The van der Waals surface area contributed by atoms with Gasteiger partial charge in [0, 0.05) is 11.1 Å². The lowest BCUT2D eigenvalue weighted by molar-refractivity contribution is -0.122. The zero-order valence-electron chi connectivity index (χ0n) is 19.7. The number of esters is 1. The molecule has 8 nitrogen and oxygen atoms in total. The number of anilines is 1. The van der Waals surface area contributed by atoms with Crippen molar-refractivity contribution in [2.45, 2.75) is 61.9 Å². The molecule has 11 heteroatoms. The number of hydrogen-bond donors (Lipinski definition) is 0. The van der Waals surface area contributed by atoms with E-state index in [1.807, 2.05) is 0 Å². The van der Waals surface area contributed by atoms with Gasteiger partial charge < -0.3 is 4.74 Å². The fourth-order valence-electron chi connectivity index (χ4n) is 4.87. The maximum Gasteiger partial charge on any atom is 0.337 e. The van der Waals surface area contributed by atoms with Crippen LogP contribution in [0.1, 0.15) is 55.3 Å². The summed E-state index contributed by atoms with van der Waals surface area (Å²) in [5, 5.41) is 0.185. The molecule has 1 atom stereocenters. The van der Waals surface area contributed by atoms with Crippen molar-refractivity contribution in [1.29, 1.82) is 0 Å². The third-order valence-corrected chi connectivity index (χ3v) is 9.29. The maximum atomic E-state index is 14.0. The van der Waals surface area contributed by atoms with Crippen LogP contribution in [0.4, 0.5) is 5.69 Å². The van der Waals surface area contributed by atoms with Gasteiger partial charge in [-0.25, -0.2) is 18.1 Å². The van der Waals surface area contributed by atoms with Gasteiger partial charge in [-0.1, -0.05) is 48.9 Å². The third kappa shape index (κ3) is 5.16. The first-order valence-electron chi connectivity index (χ1n) is 11.7. The highest BCUT2D eigenvalue weighted by molar-refractivity contribution is 7.89. The van der Waals surface area contributed by atoms with E-state index in [9.17, 15) is 22.8 Å². The van der Waals surface area contributed by atoms with Crippen LogP contribution in [0.25, 0.3) is 0 Å². The van der Waals surface area contributed by atoms with Crippen LogP contribution in [0, 0.1) is 0 Å². The molecular weight excluding hydrogens is 527 g/mol. The highest BCUT2D eigenvalue weighted by Gasteiger charge is 2.49. The molecule has 0 aromatic heterocycles. The lowest BCUT2D eigenvalue weighted by Gasteiger charge is -2.34. The minimum absolute atomic E-state index is 0.00921. The van der Waals surface area contributed by atoms with Gasteiger partial charge in [-0.05, 0) is 55.3 Å². The van der Waals surface area contributed by atoms with Crippen LogP contribution in [-0.4, -0.2) is 49.7 Å². The van der Waals surface area contributed by atoms with Gasteiger partial charge in [0.25, 0.3) is 5.91 Å². The molecule has 1 heterocycles. The predicted octanol–water partition coefficient (Wildman–Crippen LogP) is 4.83. The highest BCUT2D eigenvalue weighted by Crippen LogP contribution is 2.37. The summed E-state index contributed by atoms with van der Waals surface area (Å²) in [7, 11) is -3.03. The minimum Gasteiger partial charge on any atom is -0.465 e. The van der Waals surface area contributed by atoms with Gasteiger partial charge in [-0.2, -0.15) is 4.31 Å². The van der Waals surface area contributed by atoms with E-state index in [0.29, 0.717) is 12.8 Å². The van der Waals surface area contributed by atoms with Crippen LogP contribution >= 0.6 is 23.2 Å². The Morgan fingerprint density at radius 1 is 1.00 bits per heavy atom. The van der Waals surface area contributed by atoms with Crippen molar-refractivity contribution >= 4 is 56.7 Å². The first kappa shape index (κ1) is 26.6. The average molecular weight is 553 g/mol. The molecular formula is C25H26Cl2N2O6S. The Balaban J connectivity index is 1.74. The van der Waals surface area contributed by atoms with E-state index in [-0.39, 0.29) is 32.6 Å². The first-order chi connectivity index (χ1) is 17.1. The van der Waals surface area contributed by atoms with E-state index < -0.39 is 39.9 Å². The van der Waals surface area contributed by atoms with Crippen molar-refractivity contribution in [2.75, 3.05) is 12.0 Å². The molecule has 0 bridgehead atoms. The Hall–Kier alpha value is -2.46. The minimum atomic E-state index is -4.28. The van der Waals surface area contributed by atoms with Gasteiger partial charge in [0.15, 0.2) is 0 Å². The topological polar surface area (TPSA) is 101 Å². The first-order valence-corrected chi connectivity index (χ1v) is 13.9. The van der Waals surface area contributed by atoms with Crippen molar-refractivity contribution in [2.24, 2.45) is 0 Å². The molecule has 2 aliphatic rings. The number of ether oxygens (including phenoxy) is 1. The van der Waals surface area contributed by atoms with Gasteiger partial charge in [0.2, 0.25) is 15.9 Å². The summed E-state index contributed by atoms with van der Waals surface area (Å²) in [6, 6.07) is 8.29. The quantitative estimate of drug-likeness (QED) is 0.289. The van der Waals surface area contributed by atoms with Gasteiger partial charge >= 0.3 is 5.97 Å². The second kappa shape index (κ2) is 10.9. The van der Waals surface area contributed by atoms with Crippen LogP contribution in [0.2, 0.25) is 10.0 Å². The summed E-state index contributed by atoms with van der Waals surface area (Å²) in [6.07, 6.45) is 4.41. The van der Waals surface area contributed by atoms with E-state index in [0.717, 1.165) is 30.6 Å². The number of imide groups is 1. The molecule has 0 N–H and O–H groups in total. The molecule has 1 saturated carbocycles. The average Bonchev–Trinajstić information content (AvgIpc) is 3.01. The zero-order valence-corrected chi connectivity index (χ0v) is 22.0. The number of carbonyl (C=O) groups excluding carboxylic acids is 3. The molecule has 1 unspecified atom stereocenters. The van der Waals surface area contributed by atoms with Crippen LogP contribution in [0.5, 0.6) is 0 Å². The summed E-state index contributed by atoms with van der Waals surface area (Å²) >= 11 is 12.4. The second-order valence-corrected chi connectivity index (χ2v) is 11.5. The molecule has 2 fully saturated rings. The number of amides is 2. The summed E-state index contributed by atoms with van der Waals surface area (Å²) in [5.41, 5.74) is 0.509. The number of benzene rings is 2. The van der Waals surface area contributed by atoms with Crippen LogP contribution in [-0.2, 0) is 24.3 Å². The number of halogens is 2. The normalized spacial score (nSPS) is 19.6. The Kier molecular flexibility index (Phi) is 8.04. The van der Waals surface area contributed by atoms with E-state index >= 15 is 0 Å². The van der Waals surface area contributed by atoms with E-state index in [1.165, 1.54) is 53.9 Å². The van der Waals surface area contributed by atoms with Crippen LogP contribution < -0.4 is 4.90 Å². The summed E-state index contributed by atoms with van der Waals surface area (Å²) < 4.78 is 33.9. The van der Waals surface area contributed by atoms with Gasteiger partial charge in [0.05, 0.1) is 29.8 Å². The largest absolute Gasteiger partial charge is 0.465 e. The molecule has 2 aromatic carbocycles. The van der Waals surface area contributed by atoms with E-state index in [4.69, 9.17) is 23.2 Å². The monoisotopic (exact) mass is 552 g/mol. The van der Waals surface area contributed by atoms with Crippen LogP contribution in [0.3, 0.4) is 0 Å². The highest BCUT2D eigenvalue weighted by atomic mass is 35.5. The van der Waals surface area contributed by atoms with Crippen molar-refractivity contribution in [3.63, 3.8) is 0 Å². The van der Waals surface area contributed by atoms with Crippen molar-refractivity contribution in [3.05, 3.63) is 58.1 Å². The molecule has 1 aliphatic carbocycles. The van der Waals surface area contributed by atoms with Crippen LogP contribution in [0.15, 0.2) is 47.4 Å². The van der Waals surface area contributed by atoms with Crippen molar-refractivity contribution in [1.82, 2.24) is 4.31 Å². The molecule has 0 radical (unpaired) electrons. The lowest BCUT2D eigenvalue weighted by Crippen LogP contribution is -2.50. The van der Waals surface area contributed by atoms with Gasteiger partial charge in [0.1, 0.15) is 10.9 Å². The van der Waals surface area contributed by atoms with Crippen molar-refractivity contribution < 1.29 is 27.5 Å². The number of hydrogen-bond acceptors (Lipinski definition) is 6. The number of sulfonamides is 1. The molecule has 0 spiro atoms. The molecule has 36 heavy (non-hydrogen) atoms. The molecule has 192 valence electrons. The van der Waals surface area contributed by atoms with E-state index in [1.54, 1.807) is 0 Å². The Labute approximate surface area is 220 Å². The summed E-state index contributed by atoms with van der Waals surface area (Å²) in [6.45, 7) is 0. The predicted molar refractivity (Wildman–Crippen MR) is 136 cm³/mol. The molecule has 4 rings (SSSR count). The molecule has 1 aliphatic heterocycles. The Bertz CT molecular complexity index is 1270. The number of methoxy groups -OCH3 is 1. The van der Waals surface area contributed by atoms with Gasteiger partial charge in [-0.3, -0.25) is 9.59 Å². The fraction of sp³-hybridized carbons (Fsp3) is 0.400. The van der Waals surface area contributed by atoms with Crippen molar-refractivity contribution in [3.8, 4) is 0 Å². The SMILES string of the molecule is COC(=O)c1ccc(N2C(=O)CC(N(C3CCCCCC3)S(=O)(=O)c3cc(Cl)ccc3Cl)C2=O)cc1. The fourth-order valence-corrected chi connectivity index (χ4v) is 7.44. The third-order valence-electron chi connectivity index (χ3n) is 6.61. The Morgan fingerprint density at radius 3 is 2.25 bits per heavy atom. The smallest absolute Gasteiger partial charge is 0.337 e. The summed E-state index contributed by atoms with van der Waals surface area (Å²) in [4.78, 5) is 39.2. The van der Waals surface area contributed by atoms with Gasteiger partial charge in [-0.15, -0.1) is 0 Å². The zero-order chi connectivity index (χ0) is 26.0. The van der Waals surface area contributed by atoms with E-state index in [2.05, 4.69) is 4.74 Å². The molecule has 1 saturated heterocycles. The lowest BCUT2D eigenvalue weighted by atomic mass is 10.1. The standard InChI is InChI=1S/C25H26Cl2N2O6S/c1-35-25(32)16-8-11-18(12-9-16)28-23(30)15-21(24(28)31)29(19-6-4-2-3-5-7-19)36(33,34)22-14-17(26)10-13-20(22)27/h8-14,19,21H,2-7,15H2,1H3. The second-order valence-electron chi connectivity index (χ2n) is 8.88. The number of carbonyl (C=O) groups is 3.